The zero-order chi connectivity index (χ0) is 5.98. The highest BCUT2D eigenvalue weighted by atomic mass is 16.5. The predicted octanol–water partition coefficient (Wildman–Crippen LogP) is 0.897. The van der Waals surface area contributed by atoms with Gasteiger partial charge in [-0.25, -0.2) is 0 Å². The van der Waals surface area contributed by atoms with Gasteiger partial charge in [-0.3, -0.25) is 4.79 Å². The minimum atomic E-state index is -0.229. The third-order valence-corrected chi connectivity index (χ3v) is 1.20. The summed E-state index contributed by atoms with van der Waals surface area (Å²) in [5.74, 6) is -0.236. The van der Waals surface area contributed by atoms with E-state index in [1.54, 1.807) is 0 Å². The van der Waals surface area contributed by atoms with Gasteiger partial charge in [0.15, 0.2) is 0 Å². The van der Waals surface area contributed by atoms with Gasteiger partial charge in [0, 0.05) is 0 Å². The van der Waals surface area contributed by atoms with Gasteiger partial charge in [0.1, 0.15) is 7.11 Å². The zero-order valence-electron chi connectivity index (χ0n) is 4.46. The third-order valence-electron chi connectivity index (χ3n) is 1.20. The van der Waals surface area contributed by atoms with Gasteiger partial charge in [0.2, 0.25) is 0 Å². The van der Waals surface area contributed by atoms with Crippen molar-refractivity contribution >= 4 is 5.97 Å². The summed E-state index contributed by atoms with van der Waals surface area (Å²) >= 11 is 0. The number of ether oxygens (including phenoxy) is 1. The normalized spacial score (nSPS) is 24.4. The molecule has 1 radical (unpaired) electrons. The van der Waals surface area contributed by atoms with E-state index in [2.05, 4.69) is 11.8 Å². The van der Waals surface area contributed by atoms with E-state index in [4.69, 9.17) is 0 Å². The summed E-state index contributed by atoms with van der Waals surface area (Å²) < 4.78 is 4.21. The fourth-order valence-electron chi connectivity index (χ4n) is 0.554. The van der Waals surface area contributed by atoms with E-state index in [-0.39, 0.29) is 11.9 Å². The van der Waals surface area contributed by atoms with Crippen molar-refractivity contribution in [1.82, 2.24) is 0 Å². The van der Waals surface area contributed by atoms with Gasteiger partial charge in [0.05, 0.1) is 5.92 Å². The van der Waals surface area contributed by atoms with E-state index < -0.39 is 0 Å². The van der Waals surface area contributed by atoms with Gasteiger partial charge in [0.25, 0.3) is 0 Å². The van der Waals surface area contributed by atoms with Crippen molar-refractivity contribution in [3.63, 3.8) is 0 Å². The lowest BCUT2D eigenvalue weighted by Crippen LogP contribution is -2.16. The molecule has 0 aromatic rings. The Kier molecular flexibility index (Phi) is 1.33. The molecule has 0 fully saturated rings. The largest absolute Gasteiger partial charge is 0.462 e. The van der Waals surface area contributed by atoms with Crippen LogP contribution in [-0.4, -0.2) is 5.97 Å². The number of allylic oxidation sites excluding steroid dienone is 1. The summed E-state index contributed by atoms with van der Waals surface area (Å²) in [7, 11) is 3.01. The molecule has 1 aliphatic carbocycles. The Morgan fingerprint density at radius 2 is 2.50 bits per heavy atom. The molecule has 8 heavy (non-hydrogen) atoms. The molecular formula is C6H7O2. The van der Waals surface area contributed by atoms with E-state index in [1.807, 2.05) is 12.2 Å². The Balaban J connectivity index is 2.36. The van der Waals surface area contributed by atoms with Crippen LogP contribution in [0.4, 0.5) is 0 Å². The van der Waals surface area contributed by atoms with Crippen LogP contribution in [0.1, 0.15) is 6.42 Å². The summed E-state index contributed by atoms with van der Waals surface area (Å²) in [6.45, 7) is 0. The smallest absolute Gasteiger partial charge is 0.313 e. The highest BCUT2D eigenvalue weighted by Crippen LogP contribution is 2.17. The molecule has 1 rings (SSSR count). The molecule has 0 heterocycles. The van der Waals surface area contributed by atoms with Crippen LogP contribution in [0, 0.1) is 13.0 Å². The zero-order valence-corrected chi connectivity index (χ0v) is 4.46. The minimum absolute atomic E-state index is 0.00694. The SMILES string of the molecule is [CH2]OC(=O)C1C=CC1. The lowest BCUT2D eigenvalue weighted by molar-refractivity contribution is -0.141. The molecule has 0 aromatic heterocycles. The number of rotatable bonds is 1. The molecule has 0 spiro atoms. The molecule has 1 unspecified atom stereocenters. The second-order valence-electron chi connectivity index (χ2n) is 1.73. The van der Waals surface area contributed by atoms with E-state index in [0.717, 1.165) is 6.42 Å². The van der Waals surface area contributed by atoms with Crippen molar-refractivity contribution in [2.75, 3.05) is 0 Å². The van der Waals surface area contributed by atoms with E-state index >= 15 is 0 Å². The molecule has 0 bridgehead atoms. The van der Waals surface area contributed by atoms with Crippen LogP contribution < -0.4 is 0 Å². The van der Waals surface area contributed by atoms with Crippen LogP contribution in [0.25, 0.3) is 0 Å². The van der Waals surface area contributed by atoms with Crippen LogP contribution in [0.3, 0.4) is 0 Å². The first kappa shape index (κ1) is 5.35. The number of hydrogen-bond acceptors (Lipinski definition) is 2. The molecule has 0 saturated heterocycles. The van der Waals surface area contributed by atoms with E-state index in [9.17, 15) is 4.79 Å². The first-order valence-corrected chi connectivity index (χ1v) is 2.47. The number of hydrogen-bond donors (Lipinski definition) is 0. The fraction of sp³-hybridized carbons (Fsp3) is 0.333. The third kappa shape index (κ3) is 0.735. The highest BCUT2D eigenvalue weighted by molar-refractivity contribution is 5.76. The van der Waals surface area contributed by atoms with Crippen LogP contribution in [0.15, 0.2) is 12.2 Å². The quantitative estimate of drug-likeness (QED) is 0.371. The average Bonchev–Trinajstić information content (AvgIpc) is 1.62. The predicted molar refractivity (Wildman–Crippen MR) is 28.7 cm³/mol. The first-order chi connectivity index (χ1) is 3.84. The fourth-order valence-corrected chi connectivity index (χ4v) is 0.554. The van der Waals surface area contributed by atoms with E-state index in [1.165, 1.54) is 0 Å². The first-order valence-electron chi connectivity index (χ1n) is 2.47. The number of carbonyl (C=O) groups is 1. The summed E-state index contributed by atoms with van der Waals surface area (Å²) in [6, 6.07) is 0. The monoisotopic (exact) mass is 111 g/mol. The van der Waals surface area contributed by atoms with Crippen LogP contribution in [0.5, 0.6) is 0 Å². The molecule has 0 amide bonds. The lowest BCUT2D eigenvalue weighted by Gasteiger charge is -2.13. The molecule has 2 heteroatoms. The number of esters is 1. The van der Waals surface area contributed by atoms with Crippen molar-refractivity contribution < 1.29 is 9.53 Å². The molecule has 1 aliphatic rings. The Hall–Kier alpha value is -0.790. The van der Waals surface area contributed by atoms with Gasteiger partial charge in [-0.1, -0.05) is 12.2 Å². The van der Waals surface area contributed by atoms with Crippen LogP contribution in [-0.2, 0) is 9.53 Å². The molecule has 0 aromatic carbocycles. The maximum absolute atomic E-state index is 10.5. The Bertz CT molecular complexity index is 126. The summed E-state index contributed by atoms with van der Waals surface area (Å²) in [5, 5.41) is 0. The van der Waals surface area contributed by atoms with Crippen molar-refractivity contribution in [2.45, 2.75) is 6.42 Å². The molecule has 2 nitrogen and oxygen atoms in total. The minimum Gasteiger partial charge on any atom is -0.462 e. The van der Waals surface area contributed by atoms with Gasteiger partial charge >= 0.3 is 5.97 Å². The van der Waals surface area contributed by atoms with Gasteiger partial charge in [-0.05, 0) is 6.42 Å². The standard InChI is InChI=1S/C6H7O2/c1-8-6(7)5-3-2-4-5/h2-3,5H,1,4H2. The second kappa shape index (κ2) is 1.99. The lowest BCUT2D eigenvalue weighted by atomic mass is 9.96. The maximum Gasteiger partial charge on any atom is 0.313 e. The average molecular weight is 111 g/mol. The van der Waals surface area contributed by atoms with Crippen molar-refractivity contribution in [3.8, 4) is 0 Å². The van der Waals surface area contributed by atoms with E-state index in [0.29, 0.717) is 0 Å². The molecule has 0 aliphatic heterocycles. The molecule has 0 saturated carbocycles. The van der Waals surface area contributed by atoms with Gasteiger partial charge in [-0.15, -0.1) is 0 Å². The summed E-state index contributed by atoms with van der Waals surface area (Å²) in [5.41, 5.74) is 0. The van der Waals surface area contributed by atoms with Crippen LogP contribution in [0.2, 0.25) is 0 Å². The Morgan fingerprint density at radius 3 is 2.62 bits per heavy atom. The second-order valence-corrected chi connectivity index (χ2v) is 1.73. The van der Waals surface area contributed by atoms with Crippen LogP contribution >= 0.6 is 0 Å². The summed E-state index contributed by atoms with van der Waals surface area (Å²) in [4.78, 5) is 10.5. The van der Waals surface area contributed by atoms with Gasteiger partial charge in [-0.2, -0.15) is 0 Å². The number of carbonyl (C=O) groups excluding carboxylic acids is 1. The Morgan fingerprint density at radius 1 is 1.88 bits per heavy atom. The Labute approximate surface area is 48.1 Å². The highest BCUT2D eigenvalue weighted by Gasteiger charge is 2.18. The molecule has 43 valence electrons. The maximum atomic E-state index is 10.5. The van der Waals surface area contributed by atoms with Crippen molar-refractivity contribution in [2.24, 2.45) is 5.92 Å². The van der Waals surface area contributed by atoms with Crippen molar-refractivity contribution in [3.05, 3.63) is 19.3 Å². The summed E-state index contributed by atoms with van der Waals surface area (Å²) in [6.07, 6.45) is 4.56. The topological polar surface area (TPSA) is 26.3 Å². The van der Waals surface area contributed by atoms with Crippen molar-refractivity contribution in [1.29, 1.82) is 0 Å². The molecule has 1 atom stereocenters. The molecular weight excluding hydrogens is 104 g/mol. The van der Waals surface area contributed by atoms with Gasteiger partial charge < -0.3 is 4.74 Å². The molecule has 0 N–H and O–H groups in total.